The van der Waals surface area contributed by atoms with Crippen molar-refractivity contribution in [1.82, 2.24) is 14.9 Å². The number of pyridine rings is 2. The van der Waals surface area contributed by atoms with Crippen molar-refractivity contribution in [1.29, 1.82) is 0 Å². The van der Waals surface area contributed by atoms with Crippen LogP contribution in [0.15, 0.2) is 36.7 Å². The molecule has 0 aliphatic rings. The highest BCUT2D eigenvalue weighted by Crippen LogP contribution is 2.15. The van der Waals surface area contributed by atoms with Gasteiger partial charge in [0.25, 0.3) is 5.91 Å². The number of anilines is 1. The molecule has 1 amide bonds. The molecule has 0 fully saturated rings. The highest BCUT2D eigenvalue weighted by Gasteiger charge is 2.16. The fourth-order valence-corrected chi connectivity index (χ4v) is 1.90. The second kappa shape index (κ2) is 6.12. The van der Waals surface area contributed by atoms with Crippen LogP contribution in [0.5, 0.6) is 0 Å². The SMILES string of the molecule is Cc1cccc(CN(C)C(=O)c2ccncc2NN)n1. The summed E-state index contributed by atoms with van der Waals surface area (Å²) in [7, 11) is 1.73. The first kappa shape index (κ1) is 14.0. The molecule has 2 aromatic rings. The van der Waals surface area contributed by atoms with Crippen LogP contribution in [0, 0.1) is 6.92 Å². The Morgan fingerprint density at radius 3 is 2.90 bits per heavy atom. The van der Waals surface area contributed by atoms with Gasteiger partial charge in [-0.3, -0.25) is 20.6 Å². The van der Waals surface area contributed by atoms with Gasteiger partial charge >= 0.3 is 0 Å². The molecule has 6 nitrogen and oxygen atoms in total. The Balaban J connectivity index is 2.16. The van der Waals surface area contributed by atoms with E-state index in [-0.39, 0.29) is 5.91 Å². The third-order valence-electron chi connectivity index (χ3n) is 2.90. The minimum atomic E-state index is -0.136. The van der Waals surface area contributed by atoms with Gasteiger partial charge in [-0.1, -0.05) is 6.07 Å². The lowest BCUT2D eigenvalue weighted by molar-refractivity contribution is 0.0784. The first-order chi connectivity index (χ1) is 9.61. The number of nitrogens with one attached hydrogen (secondary N) is 1. The number of amides is 1. The largest absolute Gasteiger partial charge is 0.336 e. The van der Waals surface area contributed by atoms with Gasteiger partial charge in [0, 0.05) is 18.9 Å². The van der Waals surface area contributed by atoms with Crippen LogP contribution >= 0.6 is 0 Å². The zero-order chi connectivity index (χ0) is 14.5. The van der Waals surface area contributed by atoms with Crippen molar-refractivity contribution in [3.05, 3.63) is 53.6 Å². The van der Waals surface area contributed by atoms with Crippen LogP contribution < -0.4 is 11.3 Å². The van der Waals surface area contributed by atoms with E-state index in [0.717, 1.165) is 11.4 Å². The lowest BCUT2D eigenvalue weighted by Crippen LogP contribution is -2.28. The smallest absolute Gasteiger partial charge is 0.256 e. The molecule has 0 bridgehead atoms. The van der Waals surface area contributed by atoms with Gasteiger partial charge in [0.2, 0.25) is 0 Å². The average molecular weight is 271 g/mol. The lowest BCUT2D eigenvalue weighted by Gasteiger charge is -2.18. The topological polar surface area (TPSA) is 84.1 Å². The fourth-order valence-electron chi connectivity index (χ4n) is 1.90. The quantitative estimate of drug-likeness (QED) is 0.647. The van der Waals surface area contributed by atoms with E-state index in [1.165, 1.54) is 6.20 Å². The molecule has 104 valence electrons. The molecule has 0 aromatic carbocycles. The van der Waals surface area contributed by atoms with E-state index in [9.17, 15) is 4.79 Å². The van der Waals surface area contributed by atoms with Gasteiger partial charge in [0.15, 0.2) is 0 Å². The highest BCUT2D eigenvalue weighted by molar-refractivity contribution is 5.99. The van der Waals surface area contributed by atoms with Crippen molar-refractivity contribution >= 4 is 11.6 Å². The number of aryl methyl sites for hydroxylation is 1. The molecule has 2 aromatic heterocycles. The van der Waals surface area contributed by atoms with Gasteiger partial charge in [0.05, 0.1) is 29.7 Å². The van der Waals surface area contributed by atoms with E-state index in [1.54, 1.807) is 24.2 Å². The zero-order valence-electron chi connectivity index (χ0n) is 11.5. The Morgan fingerprint density at radius 2 is 2.20 bits per heavy atom. The molecule has 0 aliphatic carbocycles. The molecular weight excluding hydrogens is 254 g/mol. The van der Waals surface area contributed by atoms with Gasteiger partial charge in [-0.15, -0.1) is 0 Å². The number of aromatic nitrogens is 2. The summed E-state index contributed by atoms with van der Waals surface area (Å²) in [5, 5.41) is 0. The Labute approximate surface area is 117 Å². The number of nitrogen functional groups attached to an aromatic ring is 1. The van der Waals surface area contributed by atoms with Gasteiger partial charge in [-0.2, -0.15) is 0 Å². The Hall–Kier alpha value is -2.47. The van der Waals surface area contributed by atoms with Crippen LogP contribution in [0.1, 0.15) is 21.7 Å². The molecule has 6 heteroatoms. The van der Waals surface area contributed by atoms with Gasteiger partial charge in [-0.05, 0) is 25.1 Å². The van der Waals surface area contributed by atoms with Crippen molar-refractivity contribution in [2.75, 3.05) is 12.5 Å². The monoisotopic (exact) mass is 271 g/mol. The number of carbonyl (C=O) groups excluding carboxylic acids is 1. The van der Waals surface area contributed by atoms with Gasteiger partial charge in [-0.25, -0.2) is 0 Å². The zero-order valence-corrected chi connectivity index (χ0v) is 11.5. The summed E-state index contributed by atoms with van der Waals surface area (Å²) in [5.41, 5.74) is 5.24. The summed E-state index contributed by atoms with van der Waals surface area (Å²) < 4.78 is 0. The molecule has 0 saturated heterocycles. The Bertz CT molecular complexity index is 614. The summed E-state index contributed by atoms with van der Waals surface area (Å²) in [6.07, 6.45) is 3.08. The first-order valence-corrected chi connectivity index (χ1v) is 6.20. The maximum Gasteiger partial charge on any atom is 0.256 e. The average Bonchev–Trinajstić information content (AvgIpc) is 2.46. The van der Waals surface area contributed by atoms with Crippen molar-refractivity contribution < 1.29 is 4.79 Å². The fraction of sp³-hybridized carbons (Fsp3) is 0.214. The molecule has 0 radical (unpaired) electrons. The number of nitrogens with two attached hydrogens (primary N) is 1. The van der Waals surface area contributed by atoms with E-state index < -0.39 is 0 Å². The molecule has 2 rings (SSSR count). The van der Waals surface area contributed by atoms with Gasteiger partial charge < -0.3 is 10.3 Å². The summed E-state index contributed by atoms with van der Waals surface area (Å²) >= 11 is 0. The van der Waals surface area contributed by atoms with Gasteiger partial charge in [0.1, 0.15) is 0 Å². The number of rotatable bonds is 4. The van der Waals surface area contributed by atoms with Crippen molar-refractivity contribution in [3.63, 3.8) is 0 Å². The van der Waals surface area contributed by atoms with Crippen LogP contribution in [0.4, 0.5) is 5.69 Å². The lowest BCUT2D eigenvalue weighted by atomic mass is 10.2. The standard InChI is InChI=1S/C14H17N5O/c1-10-4-3-5-11(17-10)9-19(2)14(20)12-6-7-16-8-13(12)18-15/h3-8,18H,9,15H2,1-2H3. The van der Waals surface area contributed by atoms with Crippen molar-refractivity contribution in [3.8, 4) is 0 Å². The van der Waals surface area contributed by atoms with Crippen LogP contribution in [0.25, 0.3) is 0 Å². The van der Waals surface area contributed by atoms with Crippen LogP contribution in [-0.2, 0) is 6.54 Å². The molecule has 0 saturated carbocycles. The van der Waals surface area contributed by atoms with E-state index in [2.05, 4.69) is 15.4 Å². The number of nitrogens with zero attached hydrogens (tertiary/aromatic N) is 3. The highest BCUT2D eigenvalue weighted by atomic mass is 16.2. The molecular formula is C14H17N5O. The summed E-state index contributed by atoms with van der Waals surface area (Å²) in [6.45, 7) is 2.36. The molecule has 2 heterocycles. The minimum Gasteiger partial charge on any atom is -0.336 e. The molecule has 0 unspecified atom stereocenters. The number of hydrogen-bond donors (Lipinski definition) is 2. The third-order valence-corrected chi connectivity index (χ3v) is 2.90. The summed E-state index contributed by atoms with van der Waals surface area (Å²) in [6, 6.07) is 7.38. The molecule has 3 N–H and O–H groups in total. The maximum absolute atomic E-state index is 12.4. The normalized spacial score (nSPS) is 10.2. The van der Waals surface area contributed by atoms with E-state index in [0.29, 0.717) is 17.8 Å². The second-order valence-electron chi connectivity index (χ2n) is 4.50. The van der Waals surface area contributed by atoms with E-state index >= 15 is 0 Å². The third kappa shape index (κ3) is 3.10. The Morgan fingerprint density at radius 1 is 1.40 bits per heavy atom. The second-order valence-corrected chi connectivity index (χ2v) is 4.50. The predicted octanol–water partition coefficient (Wildman–Crippen LogP) is 1.34. The first-order valence-electron chi connectivity index (χ1n) is 6.20. The number of hydrazine groups is 1. The summed E-state index contributed by atoms with van der Waals surface area (Å²) in [4.78, 5) is 22.3. The van der Waals surface area contributed by atoms with Crippen LogP contribution in [0.3, 0.4) is 0 Å². The minimum absolute atomic E-state index is 0.136. The van der Waals surface area contributed by atoms with E-state index in [1.807, 2.05) is 25.1 Å². The van der Waals surface area contributed by atoms with Crippen molar-refractivity contribution in [2.24, 2.45) is 5.84 Å². The molecule has 20 heavy (non-hydrogen) atoms. The predicted molar refractivity (Wildman–Crippen MR) is 76.8 cm³/mol. The summed E-state index contributed by atoms with van der Waals surface area (Å²) in [5.74, 6) is 5.25. The molecule has 0 atom stereocenters. The van der Waals surface area contributed by atoms with E-state index in [4.69, 9.17) is 5.84 Å². The number of hydrogen-bond acceptors (Lipinski definition) is 5. The van der Waals surface area contributed by atoms with Crippen LogP contribution in [-0.4, -0.2) is 27.8 Å². The molecule has 0 spiro atoms. The van der Waals surface area contributed by atoms with Crippen LogP contribution in [0.2, 0.25) is 0 Å². The Kier molecular flexibility index (Phi) is 4.27. The maximum atomic E-state index is 12.4. The van der Waals surface area contributed by atoms with Crippen molar-refractivity contribution in [2.45, 2.75) is 13.5 Å². The number of carbonyl (C=O) groups is 1. The molecule has 0 aliphatic heterocycles.